The van der Waals surface area contributed by atoms with Crippen LogP contribution in [0.2, 0.25) is 0 Å². The summed E-state index contributed by atoms with van der Waals surface area (Å²) in [7, 11) is 1.70. The Hall–Kier alpha value is -0.0900. The summed E-state index contributed by atoms with van der Waals surface area (Å²) in [5.41, 5.74) is 0.232. The molecule has 122 valence electrons. The molecule has 0 saturated heterocycles. The lowest BCUT2D eigenvalue weighted by Gasteiger charge is -2.29. The SMILES string of the molecule is CCCCCCC(C)(CCCCC)c1sc(OC)nc1Br. The third-order valence-electron chi connectivity index (χ3n) is 4.20. The molecule has 1 aromatic rings. The predicted octanol–water partition coefficient (Wildman–Crippen LogP) is 6.72. The minimum Gasteiger partial charge on any atom is -0.473 e. The van der Waals surface area contributed by atoms with Gasteiger partial charge in [-0.3, -0.25) is 0 Å². The Morgan fingerprint density at radius 3 is 2.14 bits per heavy atom. The highest BCUT2D eigenvalue weighted by atomic mass is 79.9. The number of thiazole rings is 1. The monoisotopic (exact) mass is 375 g/mol. The Morgan fingerprint density at radius 1 is 1.05 bits per heavy atom. The maximum absolute atomic E-state index is 5.32. The molecule has 1 aromatic heterocycles. The van der Waals surface area contributed by atoms with E-state index in [9.17, 15) is 0 Å². The van der Waals surface area contributed by atoms with Crippen LogP contribution in [-0.4, -0.2) is 12.1 Å². The van der Waals surface area contributed by atoms with E-state index in [1.54, 1.807) is 18.4 Å². The van der Waals surface area contributed by atoms with E-state index in [0.29, 0.717) is 0 Å². The van der Waals surface area contributed by atoms with Crippen molar-refractivity contribution in [2.45, 2.75) is 84.0 Å². The fourth-order valence-corrected chi connectivity index (χ4v) is 4.78. The van der Waals surface area contributed by atoms with Gasteiger partial charge in [-0.1, -0.05) is 77.1 Å². The topological polar surface area (TPSA) is 22.1 Å². The Morgan fingerprint density at radius 2 is 1.62 bits per heavy atom. The van der Waals surface area contributed by atoms with Gasteiger partial charge in [0, 0.05) is 10.3 Å². The quantitative estimate of drug-likeness (QED) is 0.400. The first-order valence-corrected chi connectivity index (χ1v) is 9.89. The van der Waals surface area contributed by atoms with Gasteiger partial charge in [0.25, 0.3) is 5.19 Å². The molecule has 4 heteroatoms. The van der Waals surface area contributed by atoms with Crippen LogP contribution < -0.4 is 4.74 Å². The Labute approximate surface area is 142 Å². The summed E-state index contributed by atoms with van der Waals surface area (Å²) in [5, 5.41) is 0.771. The Balaban J connectivity index is 2.80. The van der Waals surface area contributed by atoms with Crippen molar-refractivity contribution in [2.24, 2.45) is 0 Å². The summed E-state index contributed by atoms with van der Waals surface area (Å²) in [6.07, 6.45) is 11.7. The van der Waals surface area contributed by atoms with Crippen LogP contribution in [0.1, 0.15) is 83.4 Å². The van der Waals surface area contributed by atoms with Crippen LogP contribution in [0, 0.1) is 0 Å². The van der Waals surface area contributed by atoms with E-state index in [2.05, 4.69) is 41.7 Å². The van der Waals surface area contributed by atoms with E-state index < -0.39 is 0 Å². The summed E-state index contributed by atoms with van der Waals surface area (Å²) in [6, 6.07) is 0. The summed E-state index contributed by atoms with van der Waals surface area (Å²) >= 11 is 5.35. The van der Waals surface area contributed by atoms with Crippen LogP contribution in [0.3, 0.4) is 0 Å². The maximum atomic E-state index is 5.32. The number of ether oxygens (including phenoxy) is 1. The number of hydrogen-bond donors (Lipinski definition) is 0. The van der Waals surface area contributed by atoms with Crippen LogP contribution in [0.25, 0.3) is 0 Å². The number of hydrogen-bond acceptors (Lipinski definition) is 3. The lowest BCUT2D eigenvalue weighted by molar-refractivity contribution is 0.370. The number of aromatic nitrogens is 1. The van der Waals surface area contributed by atoms with Crippen molar-refractivity contribution in [3.05, 3.63) is 9.48 Å². The van der Waals surface area contributed by atoms with E-state index in [-0.39, 0.29) is 5.41 Å². The lowest BCUT2D eigenvalue weighted by atomic mass is 9.79. The Bertz CT molecular complexity index is 407. The van der Waals surface area contributed by atoms with Gasteiger partial charge in [0.1, 0.15) is 4.60 Å². The Kier molecular flexibility index (Phi) is 8.88. The van der Waals surface area contributed by atoms with Crippen LogP contribution in [-0.2, 0) is 5.41 Å². The zero-order valence-electron chi connectivity index (χ0n) is 14.0. The average Bonchev–Trinajstić information content (AvgIpc) is 2.86. The molecule has 2 nitrogen and oxygen atoms in total. The molecule has 0 spiro atoms. The molecule has 0 aromatic carbocycles. The fourth-order valence-electron chi connectivity index (χ4n) is 2.80. The molecule has 1 rings (SSSR count). The van der Waals surface area contributed by atoms with Crippen molar-refractivity contribution in [2.75, 3.05) is 7.11 Å². The number of halogens is 1. The minimum absolute atomic E-state index is 0.232. The molecule has 0 bridgehead atoms. The second-order valence-corrected chi connectivity index (χ2v) is 7.85. The molecule has 0 N–H and O–H groups in total. The van der Waals surface area contributed by atoms with Crippen LogP contribution in [0.4, 0.5) is 0 Å². The van der Waals surface area contributed by atoms with Gasteiger partial charge in [-0.15, -0.1) is 0 Å². The highest BCUT2D eigenvalue weighted by molar-refractivity contribution is 9.10. The fraction of sp³-hybridized carbons (Fsp3) is 0.824. The van der Waals surface area contributed by atoms with E-state index >= 15 is 0 Å². The lowest BCUT2D eigenvalue weighted by Crippen LogP contribution is -2.21. The van der Waals surface area contributed by atoms with Gasteiger partial charge in [-0.25, -0.2) is 0 Å². The molecular weight excluding hydrogens is 346 g/mol. The standard InChI is InChI=1S/C17H30BrNOS/c1-5-7-9-11-13-17(3,12-10-8-6-2)14-15(18)19-16(20-4)21-14/h5-13H2,1-4H3. The first-order valence-electron chi connectivity index (χ1n) is 8.28. The first kappa shape index (κ1) is 19.0. The van der Waals surface area contributed by atoms with Gasteiger partial charge in [-0.2, -0.15) is 4.98 Å². The number of rotatable bonds is 11. The second-order valence-electron chi connectivity index (χ2n) is 6.13. The van der Waals surface area contributed by atoms with Gasteiger partial charge < -0.3 is 4.74 Å². The zero-order chi connectivity index (χ0) is 15.7. The van der Waals surface area contributed by atoms with E-state index in [0.717, 1.165) is 9.80 Å². The molecule has 0 aliphatic rings. The molecule has 0 saturated carbocycles. The van der Waals surface area contributed by atoms with Crippen molar-refractivity contribution in [3.8, 4) is 5.19 Å². The van der Waals surface area contributed by atoms with Crippen LogP contribution in [0.5, 0.6) is 5.19 Å². The van der Waals surface area contributed by atoms with Crippen molar-refractivity contribution >= 4 is 27.3 Å². The zero-order valence-corrected chi connectivity index (χ0v) is 16.4. The third kappa shape index (κ3) is 5.90. The molecule has 1 unspecified atom stereocenters. The van der Waals surface area contributed by atoms with Crippen LogP contribution >= 0.6 is 27.3 Å². The third-order valence-corrected chi connectivity index (χ3v) is 6.36. The van der Waals surface area contributed by atoms with Crippen molar-refractivity contribution in [1.29, 1.82) is 0 Å². The predicted molar refractivity (Wildman–Crippen MR) is 96.6 cm³/mol. The molecule has 0 aliphatic carbocycles. The molecule has 0 radical (unpaired) electrons. The van der Waals surface area contributed by atoms with E-state index in [4.69, 9.17) is 4.74 Å². The van der Waals surface area contributed by atoms with Gasteiger partial charge in [0.05, 0.1) is 7.11 Å². The molecule has 1 atom stereocenters. The van der Waals surface area contributed by atoms with Crippen molar-refractivity contribution in [1.82, 2.24) is 4.98 Å². The van der Waals surface area contributed by atoms with Gasteiger partial charge >= 0.3 is 0 Å². The number of methoxy groups -OCH3 is 1. The molecule has 0 fully saturated rings. The summed E-state index contributed by atoms with van der Waals surface area (Å²) in [5.74, 6) is 0. The number of nitrogens with zero attached hydrogens (tertiary/aromatic N) is 1. The summed E-state index contributed by atoms with van der Waals surface area (Å²) in [4.78, 5) is 5.85. The summed E-state index contributed by atoms with van der Waals surface area (Å²) in [6.45, 7) is 6.95. The average molecular weight is 376 g/mol. The normalized spacial score (nSPS) is 14.1. The van der Waals surface area contributed by atoms with Gasteiger partial charge in [0.15, 0.2) is 0 Å². The van der Waals surface area contributed by atoms with Crippen molar-refractivity contribution < 1.29 is 4.74 Å². The second kappa shape index (κ2) is 9.83. The molecule has 21 heavy (non-hydrogen) atoms. The minimum atomic E-state index is 0.232. The number of unbranched alkanes of at least 4 members (excludes halogenated alkanes) is 5. The smallest absolute Gasteiger partial charge is 0.274 e. The summed E-state index contributed by atoms with van der Waals surface area (Å²) < 4.78 is 6.30. The largest absolute Gasteiger partial charge is 0.473 e. The molecule has 1 heterocycles. The van der Waals surface area contributed by atoms with Gasteiger partial charge in [0.2, 0.25) is 0 Å². The highest BCUT2D eigenvalue weighted by Crippen LogP contribution is 2.44. The molecule has 0 amide bonds. The molecule has 0 aliphatic heterocycles. The van der Waals surface area contributed by atoms with Crippen LogP contribution in [0.15, 0.2) is 4.60 Å². The van der Waals surface area contributed by atoms with E-state index in [1.807, 2.05) is 0 Å². The van der Waals surface area contributed by atoms with Crippen molar-refractivity contribution in [3.63, 3.8) is 0 Å². The van der Waals surface area contributed by atoms with E-state index in [1.165, 1.54) is 62.7 Å². The highest BCUT2D eigenvalue weighted by Gasteiger charge is 2.31. The first-order chi connectivity index (χ1) is 10.1. The van der Waals surface area contributed by atoms with Gasteiger partial charge in [-0.05, 0) is 28.8 Å². The molecular formula is C17H30BrNOS. The maximum Gasteiger partial charge on any atom is 0.274 e.